The van der Waals surface area contributed by atoms with Crippen LogP contribution >= 0.6 is 0 Å². The van der Waals surface area contributed by atoms with Crippen molar-refractivity contribution in [2.45, 2.75) is 32.4 Å². The second-order valence-electron chi connectivity index (χ2n) is 5.70. The number of carbonyl (C=O) groups excluding carboxylic acids is 3. The highest BCUT2D eigenvalue weighted by molar-refractivity contribution is 5.97. The largest absolute Gasteiger partial charge is 0.489 e. The third-order valence-electron chi connectivity index (χ3n) is 3.27. The summed E-state index contributed by atoms with van der Waals surface area (Å²) >= 11 is 0. The van der Waals surface area contributed by atoms with E-state index in [0.29, 0.717) is 5.75 Å². The van der Waals surface area contributed by atoms with Crippen molar-refractivity contribution in [2.24, 2.45) is 5.73 Å². The second kappa shape index (κ2) is 10.2. The van der Waals surface area contributed by atoms with Gasteiger partial charge in [0.1, 0.15) is 11.8 Å². The number of nitrogens with two attached hydrogens (primary N) is 1. The van der Waals surface area contributed by atoms with Gasteiger partial charge in [-0.25, -0.2) is 9.59 Å². The molecule has 26 heavy (non-hydrogen) atoms. The zero-order valence-electron chi connectivity index (χ0n) is 15.3. The number of carbonyl (C=O) groups is 3. The third-order valence-corrected chi connectivity index (χ3v) is 3.27. The Hall–Kier alpha value is -2.81. The van der Waals surface area contributed by atoms with Crippen molar-refractivity contribution in [3.8, 4) is 5.75 Å². The Bertz CT molecular complexity index is 647. The maximum absolute atomic E-state index is 12.2. The lowest BCUT2D eigenvalue weighted by atomic mass is 10.2. The van der Waals surface area contributed by atoms with Gasteiger partial charge in [-0.1, -0.05) is 0 Å². The minimum Gasteiger partial charge on any atom is -0.489 e. The zero-order chi connectivity index (χ0) is 19.7. The quantitative estimate of drug-likeness (QED) is 0.564. The molecule has 0 saturated carbocycles. The predicted octanol–water partition coefficient (Wildman–Crippen LogP) is 1.27. The summed E-state index contributed by atoms with van der Waals surface area (Å²) in [7, 11) is 2.74. The first kappa shape index (κ1) is 21.2. The lowest BCUT2D eigenvalue weighted by Crippen LogP contribution is -2.46. The molecule has 1 aromatic carbocycles. The SMILES string of the molecule is COCC[C@@H](NC(=O)Nc1cc(C(=O)OC)ccc1OC(C)C)C(N)=O. The molecule has 1 aromatic rings. The van der Waals surface area contributed by atoms with Crippen LogP contribution in [-0.4, -0.2) is 50.9 Å². The first-order valence-corrected chi connectivity index (χ1v) is 8.03. The molecule has 4 N–H and O–H groups in total. The number of primary amides is 1. The lowest BCUT2D eigenvalue weighted by molar-refractivity contribution is -0.120. The van der Waals surface area contributed by atoms with Gasteiger partial charge in [0.2, 0.25) is 5.91 Å². The van der Waals surface area contributed by atoms with E-state index < -0.39 is 23.9 Å². The highest BCUT2D eigenvalue weighted by Crippen LogP contribution is 2.27. The number of hydrogen-bond donors (Lipinski definition) is 3. The molecule has 0 bridgehead atoms. The number of methoxy groups -OCH3 is 2. The van der Waals surface area contributed by atoms with E-state index >= 15 is 0 Å². The van der Waals surface area contributed by atoms with Crippen LogP contribution in [0.15, 0.2) is 18.2 Å². The minimum atomic E-state index is -0.895. The summed E-state index contributed by atoms with van der Waals surface area (Å²) in [4.78, 5) is 35.4. The van der Waals surface area contributed by atoms with Crippen molar-refractivity contribution in [2.75, 3.05) is 26.1 Å². The number of hydrogen-bond acceptors (Lipinski definition) is 6. The molecule has 0 radical (unpaired) electrons. The number of esters is 1. The number of benzene rings is 1. The molecule has 0 spiro atoms. The van der Waals surface area contributed by atoms with Gasteiger partial charge in [-0.15, -0.1) is 0 Å². The van der Waals surface area contributed by atoms with E-state index in [1.165, 1.54) is 26.4 Å². The summed E-state index contributed by atoms with van der Waals surface area (Å²) in [6.07, 6.45) is 0.0826. The van der Waals surface area contributed by atoms with Gasteiger partial charge in [-0.3, -0.25) is 4.79 Å². The van der Waals surface area contributed by atoms with Crippen LogP contribution in [-0.2, 0) is 14.3 Å². The molecule has 144 valence electrons. The number of nitrogens with one attached hydrogen (secondary N) is 2. The Morgan fingerprint density at radius 3 is 2.42 bits per heavy atom. The maximum atomic E-state index is 12.2. The Kier molecular flexibility index (Phi) is 8.36. The van der Waals surface area contributed by atoms with Crippen LogP contribution < -0.4 is 21.1 Å². The van der Waals surface area contributed by atoms with E-state index in [0.717, 1.165) is 0 Å². The number of rotatable bonds is 9. The smallest absolute Gasteiger partial charge is 0.337 e. The molecule has 0 aliphatic rings. The average molecular weight is 367 g/mol. The van der Waals surface area contributed by atoms with Crippen LogP contribution in [0.1, 0.15) is 30.6 Å². The van der Waals surface area contributed by atoms with E-state index in [2.05, 4.69) is 15.4 Å². The second-order valence-corrected chi connectivity index (χ2v) is 5.70. The fraction of sp³-hybridized carbons (Fsp3) is 0.471. The molecular weight excluding hydrogens is 342 g/mol. The third kappa shape index (κ3) is 6.60. The Labute approximate surface area is 152 Å². The van der Waals surface area contributed by atoms with Gasteiger partial charge in [-0.2, -0.15) is 0 Å². The highest BCUT2D eigenvalue weighted by Gasteiger charge is 2.19. The van der Waals surface area contributed by atoms with Gasteiger partial charge < -0.3 is 30.6 Å². The summed E-state index contributed by atoms with van der Waals surface area (Å²) in [6, 6.07) is 2.95. The van der Waals surface area contributed by atoms with Crippen LogP contribution in [0.2, 0.25) is 0 Å². The first-order valence-electron chi connectivity index (χ1n) is 8.03. The molecule has 0 heterocycles. The molecule has 0 aliphatic carbocycles. The van der Waals surface area contributed by atoms with Crippen molar-refractivity contribution in [3.63, 3.8) is 0 Å². The fourth-order valence-electron chi connectivity index (χ4n) is 2.07. The first-order chi connectivity index (χ1) is 12.3. The molecule has 9 nitrogen and oxygen atoms in total. The Morgan fingerprint density at radius 1 is 1.19 bits per heavy atom. The Balaban J connectivity index is 2.97. The van der Waals surface area contributed by atoms with E-state index in [1.54, 1.807) is 6.07 Å². The summed E-state index contributed by atoms with van der Waals surface area (Å²) in [5, 5.41) is 5.03. The standard InChI is InChI=1S/C17H25N3O6/c1-10(2)26-14-6-5-11(16(22)25-4)9-13(14)20-17(23)19-12(15(18)21)7-8-24-3/h5-6,9-10,12H,7-8H2,1-4H3,(H2,18,21)(H2,19,20,23)/t12-/m1/s1. The maximum Gasteiger partial charge on any atom is 0.337 e. The summed E-state index contributed by atoms with van der Waals surface area (Å²) < 4.78 is 15.2. The fourth-order valence-corrected chi connectivity index (χ4v) is 2.07. The number of ether oxygens (including phenoxy) is 3. The van der Waals surface area contributed by atoms with E-state index in [9.17, 15) is 14.4 Å². The number of anilines is 1. The summed E-state index contributed by atoms with van der Waals surface area (Å²) in [6.45, 7) is 3.91. The topological polar surface area (TPSA) is 129 Å². The molecule has 1 atom stereocenters. The Morgan fingerprint density at radius 2 is 1.88 bits per heavy atom. The van der Waals surface area contributed by atoms with Gasteiger partial charge in [0, 0.05) is 13.7 Å². The van der Waals surface area contributed by atoms with Crippen LogP contribution in [0, 0.1) is 0 Å². The molecule has 0 aliphatic heterocycles. The highest BCUT2D eigenvalue weighted by atomic mass is 16.5. The van der Waals surface area contributed by atoms with E-state index in [-0.39, 0.29) is 30.4 Å². The van der Waals surface area contributed by atoms with Gasteiger partial charge in [0.05, 0.1) is 24.5 Å². The van der Waals surface area contributed by atoms with E-state index in [4.69, 9.17) is 15.2 Å². The molecule has 0 saturated heterocycles. The zero-order valence-corrected chi connectivity index (χ0v) is 15.3. The van der Waals surface area contributed by atoms with Crippen LogP contribution in [0.3, 0.4) is 0 Å². The molecule has 3 amide bonds. The van der Waals surface area contributed by atoms with Crippen LogP contribution in [0.5, 0.6) is 5.75 Å². The molecule has 9 heteroatoms. The van der Waals surface area contributed by atoms with Crippen molar-refractivity contribution < 1.29 is 28.6 Å². The van der Waals surface area contributed by atoms with Crippen molar-refractivity contribution in [1.82, 2.24) is 5.32 Å². The molecule has 0 unspecified atom stereocenters. The van der Waals surface area contributed by atoms with Crippen LogP contribution in [0.25, 0.3) is 0 Å². The van der Waals surface area contributed by atoms with Gasteiger partial charge in [-0.05, 0) is 38.5 Å². The average Bonchev–Trinajstić information content (AvgIpc) is 2.58. The molecular formula is C17H25N3O6. The van der Waals surface area contributed by atoms with Gasteiger partial charge in [0.15, 0.2) is 0 Å². The molecule has 0 fully saturated rings. The normalized spacial score (nSPS) is 11.6. The summed E-state index contributed by atoms with van der Waals surface area (Å²) in [5.74, 6) is -0.867. The molecule has 1 rings (SSSR count). The lowest BCUT2D eigenvalue weighted by Gasteiger charge is -2.18. The van der Waals surface area contributed by atoms with Gasteiger partial charge >= 0.3 is 12.0 Å². The van der Waals surface area contributed by atoms with E-state index in [1.807, 2.05) is 13.8 Å². The monoisotopic (exact) mass is 367 g/mol. The van der Waals surface area contributed by atoms with Crippen LogP contribution in [0.4, 0.5) is 10.5 Å². The van der Waals surface area contributed by atoms with Crippen molar-refractivity contribution in [3.05, 3.63) is 23.8 Å². The predicted molar refractivity (Wildman–Crippen MR) is 95.2 cm³/mol. The minimum absolute atomic E-state index is 0.150. The van der Waals surface area contributed by atoms with Gasteiger partial charge in [0.25, 0.3) is 0 Å². The summed E-state index contributed by atoms with van der Waals surface area (Å²) in [5.41, 5.74) is 5.77. The van der Waals surface area contributed by atoms with Crippen molar-refractivity contribution >= 4 is 23.6 Å². The molecule has 0 aromatic heterocycles. The van der Waals surface area contributed by atoms with Crippen molar-refractivity contribution in [1.29, 1.82) is 0 Å². The number of urea groups is 1. The number of amides is 3.